The van der Waals surface area contributed by atoms with Gasteiger partial charge in [-0.15, -0.1) is 0 Å². The molecule has 1 unspecified atom stereocenters. The summed E-state index contributed by atoms with van der Waals surface area (Å²) in [6.45, 7) is 3.43. The summed E-state index contributed by atoms with van der Waals surface area (Å²) >= 11 is -1.03. The Morgan fingerprint density at radius 1 is 1.17 bits per heavy atom. The maximum Gasteiger partial charge on any atom is 0.258 e. The first kappa shape index (κ1) is 19.5. The van der Waals surface area contributed by atoms with Crippen LogP contribution >= 0.6 is 0 Å². The molecule has 0 saturated heterocycles. The second-order valence-electron chi connectivity index (χ2n) is 8.20. The van der Waals surface area contributed by atoms with Crippen LogP contribution in [0.3, 0.4) is 0 Å². The van der Waals surface area contributed by atoms with Crippen molar-refractivity contribution in [3.8, 4) is 16.9 Å². The molecule has 0 spiro atoms. The van der Waals surface area contributed by atoms with Crippen LogP contribution in [-0.2, 0) is 24.8 Å². The van der Waals surface area contributed by atoms with Gasteiger partial charge in [0.15, 0.2) is 0 Å². The lowest BCUT2D eigenvalue weighted by molar-refractivity contribution is 0.301. The molecule has 1 fully saturated rings. The van der Waals surface area contributed by atoms with Gasteiger partial charge >= 0.3 is 0 Å². The fraction of sp³-hybridized carbons (Fsp3) is 0.375. The number of benzene rings is 2. The zero-order chi connectivity index (χ0) is 20.8. The quantitative estimate of drug-likeness (QED) is 0.563. The summed E-state index contributed by atoms with van der Waals surface area (Å²) in [5.41, 5.74) is 4.11. The summed E-state index contributed by atoms with van der Waals surface area (Å²) in [5, 5.41) is 1.61. The lowest BCUT2D eigenvalue weighted by atomic mass is 9.97. The van der Waals surface area contributed by atoms with Crippen molar-refractivity contribution in [3.63, 3.8) is 0 Å². The lowest BCUT2D eigenvalue weighted by Crippen LogP contribution is -2.30. The van der Waals surface area contributed by atoms with Crippen molar-refractivity contribution >= 4 is 27.8 Å². The van der Waals surface area contributed by atoms with E-state index in [1.54, 1.807) is 11.6 Å². The molecule has 2 heterocycles. The van der Waals surface area contributed by atoms with Crippen LogP contribution in [0.4, 0.5) is 5.69 Å². The number of pyridine rings is 1. The number of hydrogen-bond donors (Lipinski definition) is 0. The molecule has 1 aliphatic heterocycles. The van der Waals surface area contributed by atoms with Gasteiger partial charge in [-0.25, -0.2) is 0 Å². The summed E-state index contributed by atoms with van der Waals surface area (Å²) in [5.74, 6) is 2.10. The van der Waals surface area contributed by atoms with E-state index in [1.165, 1.54) is 18.4 Å². The summed E-state index contributed by atoms with van der Waals surface area (Å²) in [6.07, 6.45) is 5.22. The Balaban J connectivity index is 1.71. The third-order valence-corrected chi connectivity index (χ3v) is 7.44. The summed E-state index contributed by atoms with van der Waals surface area (Å²) in [7, 11) is 1.79. The molecule has 3 aromatic rings. The van der Waals surface area contributed by atoms with Crippen LogP contribution in [0.2, 0.25) is 0 Å². The first-order chi connectivity index (χ1) is 14.6. The van der Waals surface area contributed by atoms with E-state index >= 15 is 0 Å². The highest BCUT2D eigenvalue weighted by Crippen LogP contribution is 2.43. The maximum absolute atomic E-state index is 12.7. The molecule has 0 radical (unpaired) electrons. The number of aryl methyl sites for hydroxylation is 1. The standard InChI is InChI=1S/C24H26N2O3S/c1-3-30(28)26-11-10-17-12-23(29-15-16-8-9-16)20(13-22(17)26)21-14-25(2)24(27)19-7-5-4-6-18(19)21/h4-7,12-14,16H,3,8-11,15H2,1-2H3. The highest BCUT2D eigenvalue weighted by molar-refractivity contribution is 7.92. The number of hydrogen-bond acceptors (Lipinski definition) is 4. The van der Waals surface area contributed by atoms with Crippen LogP contribution in [0, 0.1) is 5.92 Å². The van der Waals surface area contributed by atoms with Gasteiger partial charge in [0.1, 0.15) is 11.5 Å². The van der Waals surface area contributed by atoms with Crippen LogP contribution in [-0.4, -0.2) is 28.0 Å². The maximum atomic E-state index is 12.7. The molecule has 0 N–H and O–H groups in total. The van der Waals surface area contributed by atoms with Crippen LogP contribution < -0.4 is 14.6 Å². The molecule has 2 aromatic carbocycles. The van der Waals surface area contributed by atoms with Crippen LogP contribution in [0.15, 0.2) is 47.4 Å². The second kappa shape index (κ2) is 7.67. The molecule has 0 bridgehead atoms. The minimum Gasteiger partial charge on any atom is -0.593 e. The average Bonchev–Trinajstić information content (AvgIpc) is 3.51. The molecule has 0 amide bonds. The fourth-order valence-corrected chi connectivity index (χ4v) is 5.20. The first-order valence-electron chi connectivity index (χ1n) is 10.6. The minimum absolute atomic E-state index is 0.00956. The molecule has 5 rings (SSSR count). The number of aromatic nitrogens is 1. The topological polar surface area (TPSA) is 57.5 Å². The van der Waals surface area contributed by atoms with Crippen LogP contribution in [0.1, 0.15) is 25.3 Å². The van der Waals surface area contributed by atoms with Crippen LogP contribution in [0.5, 0.6) is 5.75 Å². The van der Waals surface area contributed by atoms with Gasteiger partial charge in [0.2, 0.25) is 0 Å². The molecule has 1 aliphatic carbocycles. The first-order valence-corrected chi connectivity index (χ1v) is 11.9. The molecule has 6 heteroatoms. The molecule has 1 atom stereocenters. The molecule has 1 saturated carbocycles. The van der Waals surface area contributed by atoms with Gasteiger partial charge in [-0.2, -0.15) is 4.31 Å². The molecular formula is C24H26N2O3S. The SMILES string of the molecule is CC[S+]([O-])N1CCc2cc(OCC3CC3)c(-c3cn(C)c(=O)c4ccccc34)cc21. The van der Waals surface area contributed by atoms with Gasteiger partial charge in [-0.3, -0.25) is 4.79 Å². The predicted octanol–water partition coefficient (Wildman–Crippen LogP) is 4.04. The van der Waals surface area contributed by atoms with Crippen molar-refractivity contribution in [1.82, 2.24) is 4.57 Å². The van der Waals surface area contributed by atoms with Gasteiger partial charge in [0.25, 0.3) is 5.56 Å². The summed E-state index contributed by atoms with van der Waals surface area (Å²) in [4.78, 5) is 12.7. The van der Waals surface area contributed by atoms with Crippen molar-refractivity contribution in [3.05, 3.63) is 58.5 Å². The third-order valence-electron chi connectivity index (χ3n) is 6.08. The van der Waals surface area contributed by atoms with E-state index in [2.05, 4.69) is 12.1 Å². The smallest absolute Gasteiger partial charge is 0.258 e. The molecule has 30 heavy (non-hydrogen) atoms. The predicted molar refractivity (Wildman–Crippen MR) is 123 cm³/mol. The zero-order valence-corrected chi connectivity index (χ0v) is 18.2. The largest absolute Gasteiger partial charge is 0.593 e. The van der Waals surface area contributed by atoms with Crippen molar-refractivity contribution in [2.24, 2.45) is 13.0 Å². The van der Waals surface area contributed by atoms with E-state index in [0.29, 0.717) is 17.1 Å². The monoisotopic (exact) mass is 422 g/mol. The Hall–Kier alpha value is -2.44. The Morgan fingerprint density at radius 3 is 2.67 bits per heavy atom. The van der Waals surface area contributed by atoms with E-state index in [4.69, 9.17) is 4.74 Å². The van der Waals surface area contributed by atoms with E-state index in [1.807, 2.05) is 41.7 Å². The van der Waals surface area contributed by atoms with Crippen molar-refractivity contribution < 1.29 is 9.29 Å². The number of ether oxygens (including phenoxy) is 1. The minimum atomic E-state index is -1.03. The van der Waals surface area contributed by atoms with Crippen molar-refractivity contribution in [2.75, 3.05) is 23.2 Å². The Kier molecular flexibility index (Phi) is 4.99. The highest BCUT2D eigenvalue weighted by atomic mass is 32.2. The second-order valence-corrected chi connectivity index (χ2v) is 9.86. The van der Waals surface area contributed by atoms with E-state index < -0.39 is 11.4 Å². The number of fused-ring (bicyclic) bond motifs is 2. The summed E-state index contributed by atoms with van der Waals surface area (Å²) < 4.78 is 22.5. The van der Waals surface area contributed by atoms with Gasteiger partial charge < -0.3 is 13.9 Å². The summed E-state index contributed by atoms with van der Waals surface area (Å²) in [6, 6.07) is 12.0. The van der Waals surface area contributed by atoms with E-state index in [9.17, 15) is 9.35 Å². The van der Waals surface area contributed by atoms with Crippen LogP contribution in [0.25, 0.3) is 21.9 Å². The van der Waals surface area contributed by atoms with E-state index in [-0.39, 0.29) is 5.56 Å². The Bertz CT molecular complexity index is 1170. The molecule has 156 valence electrons. The molecular weight excluding hydrogens is 396 g/mol. The Labute approximate surface area is 179 Å². The zero-order valence-electron chi connectivity index (χ0n) is 17.4. The number of nitrogens with zero attached hydrogens (tertiary/aromatic N) is 2. The molecule has 2 aliphatic rings. The Morgan fingerprint density at radius 2 is 1.93 bits per heavy atom. The van der Waals surface area contributed by atoms with Gasteiger partial charge in [0, 0.05) is 29.8 Å². The number of rotatable bonds is 6. The van der Waals surface area contributed by atoms with Crippen molar-refractivity contribution in [1.29, 1.82) is 0 Å². The average molecular weight is 423 g/mol. The van der Waals surface area contributed by atoms with Gasteiger partial charge in [-0.1, -0.05) is 18.2 Å². The molecule has 5 nitrogen and oxygen atoms in total. The van der Waals surface area contributed by atoms with Crippen molar-refractivity contribution in [2.45, 2.75) is 26.2 Å². The third kappa shape index (κ3) is 3.38. The highest BCUT2D eigenvalue weighted by Gasteiger charge is 2.30. The normalized spacial score (nSPS) is 16.7. The lowest BCUT2D eigenvalue weighted by Gasteiger charge is -2.22. The van der Waals surface area contributed by atoms with E-state index in [0.717, 1.165) is 47.5 Å². The van der Waals surface area contributed by atoms with Gasteiger partial charge in [-0.05, 0) is 61.3 Å². The fourth-order valence-electron chi connectivity index (χ4n) is 4.21. The molecule has 1 aromatic heterocycles. The van der Waals surface area contributed by atoms with Gasteiger partial charge in [0.05, 0.1) is 30.2 Å². The number of anilines is 1.